The van der Waals surface area contributed by atoms with Crippen LogP contribution in [-0.4, -0.2) is 18.1 Å². The van der Waals surface area contributed by atoms with E-state index in [1.807, 2.05) is 12.1 Å². The van der Waals surface area contributed by atoms with Gasteiger partial charge in [-0.2, -0.15) is 0 Å². The second-order valence-corrected chi connectivity index (χ2v) is 2.60. The third kappa shape index (κ3) is 2.71. The van der Waals surface area contributed by atoms with E-state index < -0.39 is 0 Å². The predicted molar refractivity (Wildman–Crippen MR) is 49.9 cm³/mol. The number of esters is 1. The van der Waals surface area contributed by atoms with Gasteiger partial charge >= 0.3 is 5.97 Å². The molecule has 3 heteroatoms. The van der Waals surface area contributed by atoms with Crippen molar-refractivity contribution in [3.63, 3.8) is 0 Å². The Balaban J connectivity index is 2.83. The minimum absolute atomic E-state index is 0.309. The van der Waals surface area contributed by atoms with Crippen LogP contribution in [0.1, 0.15) is 12.5 Å². The monoisotopic (exact) mass is 177 g/mol. The molecule has 1 rings (SSSR count). The van der Waals surface area contributed by atoms with Crippen molar-refractivity contribution in [1.82, 2.24) is 4.98 Å². The largest absolute Gasteiger partial charge is 0.466 e. The van der Waals surface area contributed by atoms with Crippen molar-refractivity contribution in [3.8, 4) is 0 Å². The van der Waals surface area contributed by atoms with Crippen molar-refractivity contribution in [2.75, 3.05) is 7.11 Å². The minimum Gasteiger partial charge on any atom is -0.466 e. The summed E-state index contributed by atoms with van der Waals surface area (Å²) < 4.78 is 4.56. The molecule has 0 aliphatic rings. The molecular formula is C10H11NO2. The number of aromatic nitrogens is 1. The number of rotatable bonds is 2. The normalized spacial score (nSPS) is 11.1. The van der Waals surface area contributed by atoms with E-state index in [1.54, 1.807) is 25.4 Å². The summed E-state index contributed by atoms with van der Waals surface area (Å²) in [4.78, 5) is 14.9. The fourth-order valence-corrected chi connectivity index (χ4v) is 0.930. The Bertz CT molecular complexity index is 317. The molecule has 0 N–H and O–H groups in total. The summed E-state index contributed by atoms with van der Waals surface area (Å²) in [7, 11) is 1.37. The van der Waals surface area contributed by atoms with Crippen molar-refractivity contribution in [3.05, 3.63) is 35.7 Å². The second kappa shape index (κ2) is 4.40. The first-order valence-corrected chi connectivity index (χ1v) is 3.90. The van der Waals surface area contributed by atoms with Crippen molar-refractivity contribution in [2.24, 2.45) is 0 Å². The zero-order valence-corrected chi connectivity index (χ0v) is 7.65. The molecule has 0 bridgehead atoms. The van der Waals surface area contributed by atoms with Crippen molar-refractivity contribution in [1.29, 1.82) is 0 Å². The van der Waals surface area contributed by atoms with E-state index in [2.05, 4.69) is 9.72 Å². The predicted octanol–water partition coefficient (Wildman–Crippen LogP) is 1.66. The van der Waals surface area contributed by atoms with Gasteiger partial charge in [-0.05, 0) is 30.7 Å². The Morgan fingerprint density at radius 1 is 1.46 bits per heavy atom. The maximum atomic E-state index is 11.0. The van der Waals surface area contributed by atoms with Crippen LogP contribution < -0.4 is 0 Å². The quantitative estimate of drug-likeness (QED) is 0.509. The number of methoxy groups -OCH3 is 1. The molecule has 0 saturated carbocycles. The highest BCUT2D eigenvalue weighted by atomic mass is 16.5. The van der Waals surface area contributed by atoms with Crippen LogP contribution in [0.15, 0.2) is 30.1 Å². The summed E-state index contributed by atoms with van der Waals surface area (Å²) in [6.07, 6.45) is 5.11. The SMILES string of the molecule is COC(=O)/C(C)=C/c1ccncc1. The number of nitrogens with zero attached hydrogens (tertiary/aromatic N) is 1. The summed E-state index contributed by atoms with van der Waals surface area (Å²) in [6, 6.07) is 3.65. The molecule has 0 atom stereocenters. The molecule has 0 saturated heterocycles. The first kappa shape index (κ1) is 9.45. The summed E-state index contributed by atoms with van der Waals surface area (Å²) in [6.45, 7) is 1.71. The second-order valence-electron chi connectivity index (χ2n) is 2.60. The number of pyridine rings is 1. The molecule has 0 amide bonds. The molecule has 0 aliphatic heterocycles. The van der Waals surface area contributed by atoms with Crippen molar-refractivity contribution in [2.45, 2.75) is 6.92 Å². The van der Waals surface area contributed by atoms with Gasteiger partial charge in [0, 0.05) is 18.0 Å². The van der Waals surface area contributed by atoms with E-state index >= 15 is 0 Å². The third-order valence-electron chi connectivity index (χ3n) is 1.60. The van der Waals surface area contributed by atoms with E-state index in [9.17, 15) is 4.79 Å². The Kier molecular flexibility index (Phi) is 3.20. The first-order valence-electron chi connectivity index (χ1n) is 3.90. The number of carbonyl (C=O) groups is 1. The van der Waals surface area contributed by atoms with Gasteiger partial charge in [-0.1, -0.05) is 0 Å². The summed E-state index contributed by atoms with van der Waals surface area (Å²) in [5, 5.41) is 0. The van der Waals surface area contributed by atoms with Crippen LogP contribution in [0.5, 0.6) is 0 Å². The van der Waals surface area contributed by atoms with E-state index in [-0.39, 0.29) is 5.97 Å². The van der Waals surface area contributed by atoms with Gasteiger partial charge in [0.05, 0.1) is 7.11 Å². The van der Waals surface area contributed by atoms with Gasteiger partial charge in [0.2, 0.25) is 0 Å². The maximum Gasteiger partial charge on any atom is 0.333 e. The zero-order chi connectivity index (χ0) is 9.68. The highest BCUT2D eigenvalue weighted by Gasteiger charge is 2.01. The van der Waals surface area contributed by atoms with Crippen LogP contribution in [0.4, 0.5) is 0 Å². The van der Waals surface area contributed by atoms with Gasteiger partial charge in [-0.3, -0.25) is 4.98 Å². The average Bonchev–Trinajstić information content (AvgIpc) is 2.18. The highest BCUT2D eigenvalue weighted by Crippen LogP contribution is 2.05. The number of ether oxygens (including phenoxy) is 1. The molecule has 0 unspecified atom stereocenters. The van der Waals surface area contributed by atoms with E-state index in [0.29, 0.717) is 5.57 Å². The molecule has 0 aromatic carbocycles. The Morgan fingerprint density at radius 2 is 2.08 bits per heavy atom. The first-order chi connectivity index (χ1) is 6.24. The lowest BCUT2D eigenvalue weighted by molar-refractivity contribution is -0.135. The molecule has 0 radical (unpaired) electrons. The molecule has 13 heavy (non-hydrogen) atoms. The molecule has 1 aromatic heterocycles. The third-order valence-corrected chi connectivity index (χ3v) is 1.60. The smallest absolute Gasteiger partial charge is 0.333 e. The van der Waals surface area contributed by atoms with Crippen LogP contribution in [0.3, 0.4) is 0 Å². The number of hydrogen-bond donors (Lipinski definition) is 0. The molecule has 68 valence electrons. The summed E-state index contributed by atoms with van der Waals surface area (Å²) in [5.74, 6) is -0.309. The minimum atomic E-state index is -0.309. The van der Waals surface area contributed by atoms with Crippen LogP contribution >= 0.6 is 0 Å². The van der Waals surface area contributed by atoms with E-state index in [1.165, 1.54) is 7.11 Å². The Hall–Kier alpha value is -1.64. The van der Waals surface area contributed by atoms with E-state index in [0.717, 1.165) is 5.56 Å². The molecular weight excluding hydrogens is 166 g/mol. The van der Waals surface area contributed by atoms with Crippen LogP contribution in [0.2, 0.25) is 0 Å². The maximum absolute atomic E-state index is 11.0. The molecule has 1 aromatic rings. The fraction of sp³-hybridized carbons (Fsp3) is 0.200. The van der Waals surface area contributed by atoms with Gasteiger partial charge < -0.3 is 4.74 Å². The van der Waals surface area contributed by atoms with Crippen LogP contribution in [-0.2, 0) is 9.53 Å². The average molecular weight is 177 g/mol. The molecule has 0 fully saturated rings. The lowest BCUT2D eigenvalue weighted by atomic mass is 10.2. The van der Waals surface area contributed by atoms with Crippen molar-refractivity contribution >= 4 is 12.0 Å². The zero-order valence-electron chi connectivity index (χ0n) is 7.65. The Labute approximate surface area is 77.1 Å². The van der Waals surface area contributed by atoms with Gasteiger partial charge in [-0.25, -0.2) is 4.79 Å². The summed E-state index contributed by atoms with van der Waals surface area (Å²) in [5.41, 5.74) is 1.52. The topological polar surface area (TPSA) is 39.2 Å². The van der Waals surface area contributed by atoms with Crippen molar-refractivity contribution < 1.29 is 9.53 Å². The summed E-state index contributed by atoms with van der Waals surface area (Å²) >= 11 is 0. The van der Waals surface area contributed by atoms with E-state index in [4.69, 9.17) is 0 Å². The van der Waals surface area contributed by atoms with Gasteiger partial charge in [-0.15, -0.1) is 0 Å². The van der Waals surface area contributed by atoms with Gasteiger partial charge in [0.15, 0.2) is 0 Å². The molecule has 0 spiro atoms. The van der Waals surface area contributed by atoms with Crippen LogP contribution in [0, 0.1) is 0 Å². The molecule has 1 heterocycles. The molecule has 0 aliphatic carbocycles. The lowest BCUT2D eigenvalue weighted by Gasteiger charge is -1.97. The number of carbonyl (C=O) groups excluding carboxylic acids is 1. The standard InChI is InChI=1S/C10H11NO2/c1-8(10(12)13-2)7-9-3-5-11-6-4-9/h3-7H,1-2H3/b8-7+. The van der Waals surface area contributed by atoms with Gasteiger partial charge in [0.25, 0.3) is 0 Å². The Morgan fingerprint density at radius 3 is 2.62 bits per heavy atom. The fourth-order valence-electron chi connectivity index (χ4n) is 0.930. The lowest BCUT2D eigenvalue weighted by Crippen LogP contribution is -2.00. The highest BCUT2D eigenvalue weighted by molar-refractivity contribution is 5.92. The van der Waals surface area contributed by atoms with Gasteiger partial charge in [0.1, 0.15) is 0 Å². The number of hydrogen-bond acceptors (Lipinski definition) is 3. The van der Waals surface area contributed by atoms with Crippen LogP contribution in [0.25, 0.3) is 6.08 Å². The molecule has 3 nitrogen and oxygen atoms in total.